The fraction of sp³-hybridized carbons (Fsp3) is 0.182. The molecule has 32 heavy (non-hydrogen) atoms. The van der Waals surface area contributed by atoms with Gasteiger partial charge in [-0.1, -0.05) is 6.07 Å². The third-order valence-electron chi connectivity index (χ3n) is 5.57. The standard InChI is InChI=1S/C22H17FN4O4S/c1-31-15-7-4-13-9-27(18(28)16(13)8-15)11-22(19(29)25-21(30)26-22)20-24-17(10-32-20)12-2-5-14(23)6-3-12/h2-8,10H,9,11H2,1H3,(H2,25,26,29,30)/t22-/m1/s1. The van der Waals surface area contributed by atoms with Crippen molar-refractivity contribution in [3.63, 3.8) is 0 Å². The number of nitrogens with zero attached hydrogens (tertiary/aromatic N) is 2. The van der Waals surface area contributed by atoms with Crippen LogP contribution in [0.3, 0.4) is 0 Å². The Morgan fingerprint density at radius 1 is 1.19 bits per heavy atom. The Morgan fingerprint density at radius 3 is 2.66 bits per heavy atom. The fourth-order valence-electron chi connectivity index (χ4n) is 3.93. The van der Waals surface area contributed by atoms with Crippen LogP contribution in [0.1, 0.15) is 20.9 Å². The molecule has 5 rings (SSSR count). The number of rotatable bonds is 5. The first-order chi connectivity index (χ1) is 15.4. The van der Waals surface area contributed by atoms with E-state index in [1.54, 1.807) is 29.6 Å². The van der Waals surface area contributed by atoms with Gasteiger partial charge in [-0.2, -0.15) is 0 Å². The fourth-order valence-corrected chi connectivity index (χ4v) is 4.90. The number of methoxy groups -OCH3 is 1. The van der Waals surface area contributed by atoms with Crippen molar-refractivity contribution in [3.8, 4) is 17.0 Å². The molecule has 0 aliphatic carbocycles. The van der Waals surface area contributed by atoms with E-state index >= 15 is 0 Å². The summed E-state index contributed by atoms with van der Waals surface area (Å²) in [6, 6.07) is 10.4. The highest BCUT2D eigenvalue weighted by atomic mass is 32.1. The first-order valence-corrected chi connectivity index (χ1v) is 10.6. The Kier molecular flexibility index (Phi) is 4.66. The summed E-state index contributed by atoms with van der Waals surface area (Å²) in [6.07, 6.45) is 0. The molecule has 2 N–H and O–H groups in total. The zero-order chi connectivity index (χ0) is 22.5. The molecule has 2 aliphatic heterocycles. The number of imide groups is 1. The Bertz CT molecular complexity index is 1260. The maximum absolute atomic E-state index is 13.3. The summed E-state index contributed by atoms with van der Waals surface area (Å²) in [5, 5.41) is 7.00. The lowest BCUT2D eigenvalue weighted by molar-refractivity contribution is -0.124. The molecule has 1 fully saturated rings. The van der Waals surface area contributed by atoms with Gasteiger partial charge in [-0.3, -0.25) is 14.9 Å². The van der Waals surface area contributed by atoms with Crippen molar-refractivity contribution >= 4 is 29.2 Å². The smallest absolute Gasteiger partial charge is 0.322 e. The molecule has 0 spiro atoms. The van der Waals surface area contributed by atoms with Crippen LogP contribution in [0.5, 0.6) is 5.75 Å². The van der Waals surface area contributed by atoms with E-state index in [1.165, 1.54) is 35.5 Å². The van der Waals surface area contributed by atoms with E-state index in [1.807, 2.05) is 6.07 Å². The van der Waals surface area contributed by atoms with Gasteiger partial charge in [0, 0.05) is 23.1 Å². The van der Waals surface area contributed by atoms with Crippen molar-refractivity contribution in [2.24, 2.45) is 0 Å². The predicted octanol–water partition coefficient (Wildman–Crippen LogP) is 2.65. The summed E-state index contributed by atoms with van der Waals surface area (Å²) in [4.78, 5) is 44.1. The second-order valence-electron chi connectivity index (χ2n) is 7.54. The summed E-state index contributed by atoms with van der Waals surface area (Å²) in [7, 11) is 1.52. The SMILES string of the molecule is COc1ccc2c(c1)C(=O)N(C[C@@]1(c3nc(-c4ccc(F)cc4)cs3)NC(=O)NC1=O)C2. The Hall–Kier alpha value is -3.79. The van der Waals surface area contributed by atoms with Gasteiger partial charge in [0.2, 0.25) is 0 Å². The van der Waals surface area contributed by atoms with E-state index < -0.39 is 17.5 Å². The van der Waals surface area contributed by atoms with Crippen LogP contribution < -0.4 is 15.4 Å². The van der Waals surface area contributed by atoms with Crippen LogP contribution >= 0.6 is 11.3 Å². The molecule has 3 aromatic rings. The van der Waals surface area contributed by atoms with Crippen molar-refractivity contribution in [3.05, 3.63) is 69.8 Å². The van der Waals surface area contributed by atoms with Crippen LogP contribution in [-0.4, -0.2) is 41.4 Å². The maximum Gasteiger partial charge on any atom is 0.322 e. The molecular weight excluding hydrogens is 435 g/mol. The average Bonchev–Trinajstić information content (AvgIpc) is 3.46. The number of carbonyl (C=O) groups is 3. The number of amides is 4. The molecule has 0 saturated carbocycles. The molecule has 1 saturated heterocycles. The number of benzene rings is 2. The van der Waals surface area contributed by atoms with Gasteiger partial charge in [0.15, 0.2) is 5.54 Å². The molecule has 1 aromatic heterocycles. The van der Waals surface area contributed by atoms with Gasteiger partial charge in [-0.15, -0.1) is 11.3 Å². The quantitative estimate of drug-likeness (QED) is 0.580. The number of hydrogen-bond donors (Lipinski definition) is 2. The largest absolute Gasteiger partial charge is 0.497 e. The summed E-state index contributed by atoms with van der Waals surface area (Å²) in [5.41, 5.74) is 0.990. The Morgan fingerprint density at radius 2 is 1.97 bits per heavy atom. The number of hydrogen-bond acceptors (Lipinski definition) is 6. The van der Waals surface area contributed by atoms with Crippen LogP contribution in [-0.2, 0) is 16.9 Å². The summed E-state index contributed by atoms with van der Waals surface area (Å²) < 4.78 is 18.5. The second-order valence-corrected chi connectivity index (χ2v) is 8.40. The minimum atomic E-state index is -1.53. The first kappa shape index (κ1) is 20.1. The lowest BCUT2D eigenvalue weighted by Crippen LogP contribution is -2.52. The number of ether oxygens (including phenoxy) is 1. The Labute approximate surface area is 186 Å². The van der Waals surface area contributed by atoms with Crippen molar-refractivity contribution < 1.29 is 23.5 Å². The minimum Gasteiger partial charge on any atom is -0.497 e. The average molecular weight is 452 g/mol. The number of urea groups is 1. The van der Waals surface area contributed by atoms with Gasteiger partial charge in [-0.25, -0.2) is 14.2 Å². The van der Waals surface area contributed by atoms with Crippen LogP contribution in [0.2, 0.25) is 0 Å². The predicted molar refractivity (Wildman–Crippen MR) is 114 cm³/mol. The molecule has 0 unspecified atom stereocenters. The van der Waals surface area contributed by atoms with Gasteiger partial charge >= 0.3 is 6.03 Å². The van der Waals surface area contributed by atoms with Crippen LogP contribution in [0.15, 0.2) is 47.8 Å². The zero-order valence-electron chi connectivity index (χ0n) is 16.8. The highest BCUT2D eigenvalue weighted by Gasteiger charge is 2.52. The first-order valence-electron chi connectivity index (χ1n) is 9.71. The molecule has 10 heteroatoms. The number of thiazole rings is 1. The number of halogens is 1. The lowest BCUT2D eigenvalue weighted by atomic mass is 10.00. The summed E-state index contributed by atoms with van der Waals surface area (Å²) in [6.45, 7) is 0.204. The molecule has 162 valence electrons. The third-order valence-corrected chi connectivity index (χ3v) is 6.58. The number of carbonyl (C=O) groups excluding carboxylic acids is 3. The monoisotopic (exact) mass is 452 g/mol. The van der Waals surface area contributed by atoms with Gasteiger partial charge < -0.3 is 15.0 Å². The number of aromatic nitrogens is 1. The van der Waals surface area contributed by atoms with Gasteiger partial charge in [0.25, 0.3) is 11.8 Å². The zero-order valence-corrected chi connectivity index (χ0v) is 17.7. The summed E-state index contributed by atoms with van der Waals surface area (Å²) in [5.74, 6) is -0.650. The van der Waals surface area contributed by atoms with Gasteiger partial charge in [0.1, 0.15) is 16.6 Å². The second kappa shape index (κ2) is 7.41. The van der Waals surface area contributed by atoms with E-state index in [2.05, 4.69) is 15.6 Å². The third kappa shape index (κ3) is 3.19. The molecule has 8 nitrogen and oxygen atoms in total. The lowest BCUT2D eigenvalue weighted by Gasteiger charge is -2.29. The minimum absolute atomic E-state index is 0.0865. The number of fused-ring (bicyclic) bond motifs is 1. The molecule has 0 radical (unpaired) electrons. The molecule has 1 atom stereocenters. The van der Waals surface area contributed by atoms with Crippen molar-refractivity contribution in [2.45, 2.75) is 12.1 Å². The van der Waals surface area contributed by atoms with E-state index in [9.17, 15) is 18.8 Å². The van der Waals surface area contributed by atoms with Crippen molar-refractivity contribution in [1.29, 1.82) is 0 Å². The van der Waals surface area contributed by atoms with E-state index in [4.69, 9.17) is 4.74 Å². The molecule has 3 heterocycles. The molecule has 4 amide bonds. The van der Waals surface area contributed by atoms with Gasteiger partial charge in [-0.05, 0) is 42.0 Å². The Balaban J connectivity index is 1.49. The highest BCUT2D eigenvalue weighted by Crippen LogP contribution is 2.35. The topological polar surface area (TPSA) is 101 Å². The molecule has 2 aromatic carbocycles. The van der Waals surface area contributed by atoms with Crippen molar-refractivity contribution in [1.82, 2.24) is 20.5 Å². The highest BCUT2D eigenvalue weighted by molar-refractivity contribution is 7.10. The molecular formula is C22H17FN4O4S. The van der Waals surface area contributed by atoms with E-state index in [0.717, 1.165) is 5.56 Å². The number of nitrogens with one attached hydrogen (secondary N) is 2. The maximum atomic E-state index is 13.3. The van der Waals surface area contributed by atoms with Crippen LogP contribution in [0, 0.1) is 5.82 Å². The van der Waals surface area contributed by atoms with Crippen LogP contribution in [0.4, 0.5) is 9.18 Å². The normalized spacial score (nSPS) is 19.7. The van der Waals surface area contributed by atoms with Gasteiger partial charge in [0.05, 0.1) is 19.3 Å². The molecule has 2 aliphatic rings. The van der Waals surface area contributed by atoms with Crippen molar-refractivity contribution in [2.75, 3.05) is 13.7 Å². The molecule has 0 bridgehead atoms. The summed E-state index contributed by atoms with van der Waals surface area (Å²) >= 11 is 1.19. The van der Waals surface area contributed by atoms with E-state index in [0.29, 0.717) is 34.1 Å². The van der Waals surface area contributed by atoms with E-state index in [-0.39, 0.29) is 18.3 Å². The van der Waals surface area contributed by atoms with Crippen LogP contribution in [0.25, 0.3) is 11.3 Å².